The summed E-state index contributed by atoms with van der Waals surface area (Å²) in [5.41, 5.74) is -0.898. The van der Waals surface area contributed by atoms with E-state index >= 15 is 0 Å². The lowest BCUT2D eigenvalue weighted by Gasteiger charge is -2.32. The molecule has 0 spiro atoms. The minimum Gasteiger partial charge on any atom is -0.465 e. The second-order valence-corrected chi connectivity index (χ2v) is 10.0. The second kappa shape index (κ2) is 7.69. The molecule has 9 heteroatoms. The summed E-state index contributed by atoms with van der Waals surface area (Å²) in [6, 6.07) is 1.72. The molecule has 0 radical (unpaired) electrons. The van der Waals surface area contributed by atoms with Gasteiger partial charge in [-0.2, -0.15) is 0 Å². The Kier molecular flexibility index (Phi) is 6.23. The topological polar surface area (TPSA) is 74.3 Å². The molecule has 0 unspecified atom stereocenters. The first-order chi connectivity index (χ1) is 12.7. The quantitative estimate of drug-likeness (QED) is 0.560. The van der Waals surface area contributed by atoms with Crippen LogP contribution in [0.15, 0.2) is 6.07 Å². The minimum atomic E-state index is -0.637. The van der Waals surface area contributed by atoms with E-state index in [1.54, 1.807) is 13.1 Å². The first-order valence-electron chi connectivity index (χ1n) is 9.17. The summed E-state index contributed by atoms with van der Waals surface area (Å²) < 4.78 is 22.5. The molecule has 1 amide bonds. The van der Waals surface area contributed by atoms with Crippen LogP contribution in [0, 0.1) is 0 Å². The number of methoxy groups -OCH3 is 1. The Bertz CT molecular complexity index is 736. The molecule has 1 aliphatic heterocycles. The number of thiophene rings is 1. The van der Waals surface area contributed by atoms with Gasteiger partial charge in [-0.15, -0.1) is 11.3 Å². The van der Waals surface area contributed by atoms with Crippen LogP contribution in [0.4, 0.5) is 4.79 Å². The van der Waals surface area contributed by atoms with Crippen molar-refractivity contribution in [3.05, 3.63) is 15.8 Å². The number of esters is 1. The van der Waals surface area contributed by atoms with Gasteiger partial charge in [0, 0.05) is 11.9 Å². The molecule has 0 saturated carbocycles. The van der Waals surface area contributed by atoms with E-state index in [1.807, 2.05) is 48.5 Å². The summed E-state index contributed by atoms with van der Waals surface area (Å²) in [4.78, 5) is 27.1. The smallest absolute Gasteiger partial charge is 0.465 e. The van der Waals surface area contributed by atoms with Gasteiger partial charge in [0.15, 0.2) is 0 Å². The lowest BCUT2D eigenvalue weighted by atomic mass is 9.79. The maximum Gasteiger partial charge on any atom is 0.496 e. The van der Waals surface area contributed by atoms with E-state index in [-0.39, 0.29) is 6.54 Å². The predicted molar refractivity (Wildman–Crippen MR) is 109 cm³/mol. The number of amides is 1. The van der Waals surface area contributed by atoms with Gasteiger partial charge in [-0.25, -0.2) is 9.59 Å². The molecule has 0 bridgehead atoms. The number of nitrogens with zero attached hydrogens (tertiary/aromatic N) is 1. The van der Waals surface area contributed by atoms with Crippen molar-refractivity contribution in [2.24, 2.45) is 0 Å². The Morgan fingerprint density at radius 1 is 1.18 bits per heavy atom. The first kappa shape index (κ1) is 22.7. The van der Waals surface area contributed by atoms with Crippen LogP contribution in [-0.4, -0.2) is 55.0 Å². The van der Waals surface area contributed by atoms with Crippen LogP contribution in [-0.2, 0) is 25.3 Å². The fraction of sp³-hybridized carbons (Fsp3) is 0.684. The summed E-state index contributed by atoms with van der Waals surface area (Å²) in [6.45, 7) is 13.6. The third kappa shape index (κ3) is 4.88. The van der Waals surface area contributed by atoms with E-state index in [4.69, 9.17) is 18.8 Å². The Balaban J connectivity index is 2.32. The Morgan fingerprint density at radius 2 is 1.71 bits per heavy atom. The fourth-order valence-electron chi connectivity index (χ4n) is 2.56. The summed E-state index contributed by atoms with van der Waals surface area (Å²) in [6.07, 6.45) is -0.444. The SMILES string of the molecule is COC(=O)c1cc(B2OC(C)(C)C(C)(C)O2)c(CN(C)C(=O)OC(C)(C)C)s1. The lowest BCUT2D eigenvalue weighted by molar-refractivity contribution is 0.00578. The summed E-state index contributed by atoms with van der Waals surface area (Å²) in [5, 5.41) is 0. The van der Waals surface area contributed by atoms with E-state index in [0.29, 0.717) is 4.88 Å². The van der Waals surface area contributed by atoms with Crippen molar-refractivity contribution in [1.82, 2.24) is 4.90 Å². The van der Waals surface area contributed by atoms with Crippen molar-refractivity contribution >= 4 is 36.0 Å². The number of carbonyl (C=O) groups is 2. The molecule has 1 aromatic heterocycles. The highest BCUT2D eigenvalue weighted by atomic mass is 32.1. The molecule has 1 saturated heterocycles. The Labute approximate surface area is 171 Å². The van der Waals surface area contributed by atoms with Gasteiger partial charge in [-0.05, 0) is 60.0 Å². The molecule has 0 aliphatic carbocycles. The molecule has 0 aromatic carbocycles. The highest BCUT2D eigenvalue weighted by Crippen LogP contribution is 2.37. The van der Waals surface area contributed by atoms with Crippen molar-refractivity contribution in [1.29, 1.82) is 0 Å². The predicted octanol–water partition coefficient (Wildman–Crippen LogP) is 3.20. The van der Waals surface area contributed by atoms with Gasteiger partial charge in [0.1, 0.15) is 10.5 Å². The van der Waals surface area contributed by atoms with Gasteiger partial charge in [0.05, 0.1) is 24.9 Å². The molecule has 2 heterocycles. The van der Waals surface area contributed by atoms with Crippen molar-refractivity contribution in [3.63, 3.8) is 0 Å². The molecule has 7 nitrogen and oxygen atoms in total. The largest absolute Gasteiger partial charge is 0.496 e. The van der Waals surface area contributed by atoms with E-state index in [2.05, 4.69) is 0 Å². The molecule has 2 rings (SSSR count). The van der Waals surface area contributed by atoms with E-state index in [0.717, 1.165) is 10.3 Å². The van der Waals surface area contributed by atoms with Crippen molar-refractivity contribution in [3.8, 4) is 0 Å². The normalized spacial score (nSPS) is 18.1. The standard InChI is InChI=1S/C19H30BNO6S/c1-17(2,3)25-16(23)21(8)11-14-12(10-13(28-14)15(22)24-9)20-26-18(4,5)19(6,7)27-20/h10H,11H2,1-9H3. The summed E-state index contributed by atoms with van der Waals surface area (Å²) in [5.74, 6) is -0.436. The van der Waals surface area contributed by atoms with Gasteiger partial charge in [0.2, 0.25) is 0 Å². The average molecular weight is 411 g/mol. The number of hydrogen-bond acceptors (Lipinski definition) is 7. The molecule has 0 atom stereocenters. The van der Waals surface area contributed by atoms with Gasteiger partial charge in [-0.1, -0.05) is 0 Å². The van der Waals surface area contributed by atoms with Crippen LogP contribution in [0.1, 0.15) is 63.0 Å². The number of carbonyl (C=O) groups excluding carboxylic acids is 2. The van der Waals surface area contributed by atoms with E-state index < -0.39 is 36.0 Å². The van der Waals surface area contributed by atoms with Crippen LogP contribution >= 0.6 is 11.3 Å². The van der Waals surface area contributed by atoms with Crippen molar-refractivity contribution in [2.45, 2.75) is 71.8 Å². The molecule has 1 aromatic rings. The maximum absolute atomic E-state index is 12.4. The van der Waals surface area contributed by atoms with Crippen LogP contribution in [0.25, 0.3) is 0 Å². The lowest BCUT2D eigenvalue weighted by Crippen LogP contribution is -2.41. The highest BCUT2D eigenvalue weighted by molar-refractivity contribution is 7.15. The van der Waals surface area contributed by atoms with Crippen LogP contribution in [0.2, 0.25) is 0 Å². The molecule has 28 heavy (non-hydrogen) atoms. The third-order valence-electron chi connectivity index (χ3n) is 4.82. The van der Waals surface area contributed by atoms with Crippen molar-refractivity contribution < 1.29 is 28.4 Å². The summed E-state index contributed by atoms with van der Waals surface area (Å²) in [7, 11) is 2.35. The number of rotatable bonds is 4. The van der Waals surface area contributed by atoms with Gasteiger partial charge in [0.25, 0.3) is 0 Å². The van der Waals surface area contributed by atoms with Crippen LogP contribution < -0.4 is 5.46 Å². The fourth-order valence-corrected chi connectivity index (χ4v) is 3.71. The average Bonchev–Trinajstić information content (AvgIpc) is 3.03. The zero-order valence-electron chi connectivity index (χ0n) is 18.2. The number of ether oxygens (including phenoxy) is 2. The Hall–Kier alpha value is -1.58. The zero-order valence-corrected chi connectivity index (χ0v) is 19.0. The highest BCUT2D eigenvalue weighted by Gasteiger charge is 2.52. The van der Waals surface area contributed by atoms with Gasteiger partial charge >= 0.3 is 19.2 Å². The van der Waals surface area contributed by atoms with Crippen LogP contribution in [0.5, 0.6) is 0 Å². The number of hydrogen-bond donors (Lipinski definition) is 0. The first-order valence-corrected chi connectivity index (χ1v) is 9.99. The zero-order chi connectivity index (χ0) is 21.5. The van der Waals surface area contributed by atoms with E-state index in [1.165, 1.54) is 23.3 Å². The van der Waals surface area contributed by atoms with Gasteiger partial charge < -0.3 is 23.7 Å². The Morgan fingerprint density at radius 3 is 2.18 bits per heavy atom. The maximum atomic E-state index is 12.4. The monoisotopic (exact) mass is 411 g/mol. The minimum absolute atomic E-state index is 0.260. The molecular formula is C19H30BNO6S. The van der Waals surface area contributed by atoms with Gasteiger partial charge in [-0.3, -0.25) is 0 Å². The third-order valence-corrected chi connectivity index (χ3v) is 5.94. The molecule has 0 N–H and O–H groups in total. The molecule has 1 aliphatic rings. The molecule has 156 valence electrons. The second-order valence-electron chi connectivity index (χ2n) is 8.91. The van der Waals surface area contributed by atoms with E-state index in [9.17, 15) is 9.59 Å². The molecule has 1 fully saturated rings. The van der Waals surface area contributed by atoms with Crippen LogP contribution in [0.3, 0.4) is 0 Å². The molecular weight excluding hydrogens is 381 g/mol. The summed E-state index contributed by atoms with van der Waals surface area (Å²) >= 11 is 1.26. The van der Waals surface area contributed by atoms with Crippen molar-refractivity contribution in [2.75, 3.05) is 14.2 Å².